The molecule has 1 amide bonds. The minimum Gasteiger partial charge on any atom is -0.341 e. The molecule has 2 saturated heterocycles. The van der Waals surface area contributed by atoms with E-state index >= 15 is 0 Å². The first kappa shape index (κ1) is 17.9. The summed E-state index contributed by atoms with van der Waals surface area (Å²) in [7, 11) is 0. The Morgan fingerprint density at radius 3 is 2.62 bits per heavy atom. The molecule has 24 heavy (non-hydrogen) atoms. The highest BCUT2D eigenvalue weighted by Crippen LogP contribution is 2.30. The maximum atomic E-state index is 12.9. The fraction of sp³-hybridized carbons (Fsp3) is 0.611. The zero-order valence-corrected chi connectivity index (χ0v) is 15.8. The number of nitrogens with zero attached hydrogens (tertiary/aromatic N) is 1. The topological polar surface area (TPSA) is 56.4 Å². The molecule has 3 N–H and O–H groups in total. The molecule has 2 fully saturated rings. The second kappa shape index (κ2) is 8.43. The van der Waals surface area contributed by atoms with Gasteiger partial charge in [-0.05, 0) is 37.4 Å². The molecule has 3 atom stereocenters. The van der Waals surface area contributed by atoms with E-state index in [9.17, 15) is 4.79 Å². The van der Waals surface area contributed by atoms with Gasteiger partial charge < -0.3 is 10.2 Å². The number of hydrogen-bond donors (Lipinski definition) is 3. The number of piperidine rings is 1. The Labute approximate surface area is 152 Å². The Morgan fingerprint density at radius 2 is 1.96 bits per heavy atom. The van der Waals surface area contributed by atoms with Gasteiger partial charge in [-0.3, -0.25) is 4.79 Å². The van der Waals surface area contributed by atoms with E-state index in [1.165, 1.54) is 5.56 Å². The molecule has 0 bridgehead atoms. The first-order valence-electron chi connectivity index (χ1n) is 8.90. The number of carbonyl (C=O) groups is 1. The summed E-state index contributed by atoms with van der Waals surface area (Å²) in [5.74, 6) is 0.894. The van der Waals surface area contributed by atoms with Crippen molar-refractivity contribution in [2.75, 3.05) is 26.2 Å². The minimum atomic E-state index is -0.222. The number of nitrogens with one attached hydrogen (secondary N) is 3. The Kier molecular flexibility index (Phi) is 6.27. The standard InChI is InChI=1S/C18H27BrN4O/c1-2-20-12-13-8-10-23(11-9-13)18(24)17-15(19)16(21-22-17)14-6-4-3-5-7-14/h3-7,13,15-17,20-22H,2,8-12H2,1H3. The van der Waals surface area contributed by atoms with Gasteiger partial charge in [-0.1, -0.05) is 53.2 Å². The van der Waals surface area contributed by atoms with Crippen molar-refractivity contribution in [1.29, 1.82) is 0 Å². The third-order valence-electron chi connectivity index (χ3n) is 5.07. The van der Waals surface area contributed by atoms with Gasteiger partial charge in [0.1, 0.15) is 6.04 Å². The monoisotopic (exact) mass is 394 g/mol. The minimum absolute atomic E-state index is 0.0480. The van der Waals surface area contributed by atoms with Crippen molar-refractivity contribution in [3.8, 4) is 0 Å². The van der Waals surface area contributed by atoms with E-state index in [0.29, 0.717) is 5.92 Å². The smallest absolute Gasteiger partial charge is 0.242 e. The molecule has 3 unspecified atom stereocenters. The highest BCUT2D eigenvalue weighted by Gasteiger charge is 2.41. The van der Waals surface area contributed by atoms with Crippen LogP contribution in [0.3, 0.4) is 0 Å². The van der Waals surface area contributed by atoms with Crippen LogP contribution < -0.4 is 16.2 Å². The molecule has 5 nitrogen and oxygen atoms in total. The average molecular weight is 395 g/mol. The van der Waals surface area contributed by atoms with Crippen molar-refractivity contribution in [2.24, 2.45) is 5.92 Å². The van der Waals surface area contributed by atoms with E-state index in [1.807, 2.05) is 23.1 Å². The van der Waals surface area contributed by atoms with Crippen LogP contribution in [-0.4, -0.2) is 47.9 Å². The number of benzene rings is 1. The highest BCUT2D eigenvalue weighted by atomic mass is 79.9. The van der Waals surface area contributed by atoms with E-state index < -0.39 is 0 Å². The van der Waals surface area contributed by atoms with Crippen LogP contribution in [0.5, 0.6) is 0 Å². The van der Waals surface area contributed by atoms with Gasteiger partial charge in [-0.15, -0.1) is 0 Å². The van der Waals surface area contributed by atoms with Crippen LogP contribution in [0.25, 0.3) is 0 Å². The molecule has 132 valence electrons. The fourth-order valence-electron chi connectivity index (χ4n) is 3.56. The second-order valence-electron chi connectivity index (χ2n) is 6.68. The van der Waals surface area contributed by atoms with Crippen LogP contribution in [0, 0.1) is 5.92 Å². The van der Waals surface area contributed by atoms with Gasteiger partial charge in [0.25, 0.3) is 0 Å². The summed E-state index contributed by atoms with van der Waals surface area (Å²) < 4.78 is 0. The first-order valence-corrected chi connectivity index (χ1v) is 9.82. The van der Waals surface area contributed by atoms with Gasteiger partial charge in [0, 0.05) is 13.1 Å². The molecule has 0 radical (unpaired) electrons. The van der Waals surface area contributed by atoms with E-state index in [-0.39, 0.29) is 22.8 Å². The van der Waals surface area contributed by atoms with Crippen molar-refractivity contribution >= 4 is 21.8 Å². The Balaban J connectivity index is 1.55. The summed E-state index contributed by atoms with van der Waals surface area (Å²) >= 11 is 3.74. The predicted octanol–water partition coefficient (Wildman–Crippen LogP) is 1.82. The molecular weight excluding hydrogens is 368 g/mol. The van der Waals surface area contributed by atoms with E-state index in [4.69, 9.17) is 0 Å². The van der Waals surface area contributed by atoms with Crippen molar-refractivity contribution in [3.63, 3.8) is 0 Å². The van der Waals surface area contributed by atoms with Crippen LogP contribution in [-0.2, 0) is 4.79 Å². The van der Waals surface area contributed by atoms with Crippen molar-refractivity contribution in [1.82, 2.24) is 21.1 Å². The lowest BCUT2D eigenvalue weighted by atomic mass is 9.95. The molecule has 6 heteroatoms. The molecular formula is C18H27BrN4O. The summed E-state index contributed by atoms with van der Waals surface area (Å²) in [4.78, 5) is 15.0. The van der Waals surface area contributed by atoms with E-state index in [2.05, 4.69) is 51.2 Å². The molecule has 0 aromatic heterocycles. The number of rotatable bonds is 5. The largest absolute Gasteiger partial charge is 0.341 e. The van der Waals surface area contributed by atoms with Crippen LogP contribution >= 0.6 is 15.9 Å². The molecule has 0 saturated carbocycles. The maximum absolute atomic E-state index is 12.9. The van der Waals surface area contributed by atoms with Crippen LogP contribution in [0.2, 0.25) is 0 Å². The number of carbonyl (C=O) groups excluding carboxylic acids is 1. The summed E-state index contributed by atoms with van der Waals surface area (Å²) in [5.41, 5.74) is 7.66. The lowest BCUT2D eigenvalue weighted by Crippen LogP contribution is -2.51. The SMILES string of the molecule is CCNCC1CCN(C(=O)C2NNC(c3ccccc3)C2Br)CC1. The third kappa shape index (κ3) is 3.99. The first-order chi connectivity index (χ1) is 11.7. The molecule has 0 aliphatic carbocycles. The van der Waals surface area contributed by atoms with Gasteiger partial charge in [0.2, 0.25) is 5.91 Å². The normalized spacial score (nSPS) is 28.2. The number of amides is 1. The number of hydrazine groups is 1. The van der Waals surface area contributed by atoms with Crippen molar-refractivity contribution in [3.05, 3.63) is 35.9 Å². The Bertz CT molecular complexity index is 533. The summed E-state index contributed by atoms with van der Waals surface area (Å²) in [6, 6.07) is 10.1. The van der Waals surface area contributed by atoms with Gasteiger partial charge in [-0.2, -0.15) is 0 Å². The third-order valence-corrected chi connectivity index (χ3v) is 6.12. The highest BCUT2D eigenvalue weighted by molar-refractivity contribution is 9.09. The Morgan fingerprint density at radius 1 is 1.25 bits per heavy atom. The summed E-state index contributed by atoms with van der Waals surface area (Å²) in [6.45, 7) is 5.95. The lowest BCUT2D eigenvalue weighted by Gasteiger charge is -2.34. The average Bonchev–Trinajstić information content (AvgIpc) is 3.02. The van der Waals surface area contributed by atoms with Crippen LogP contribution in [0.1, 0.15) is 31.4 Å². The van der Waals surface area contributed by atoms with E-state index in [0.717, 1.165) is 39.0 Å². The van der Waals surface area contributed by atoms with Gasteiger partial charge in [0.05, 0.1) is 10.9 Å². The molecule has 2 aliphatic rings. The molecule has 1 aromatic rings. The molecule has 2 heterocycles. The van der Waals surface area contributed by atoms with Gasteiger partial charge >= 0.3 is 0 Å². The lowest BCUT2D eigenvalue weighted by molar-refractivity contribution is -0.134. The maximum Gasteiger partial charge on any atom is 0.242 e. The predicted molar refractivity (Wildman–Crippen MR) is 99.8 cm³/mol. The van der Waals surface area contributed by atoms with Gasteiger partial charge in [0.15, 0.2) is 0 Å². The van der Waals surface area contributed by atoms with Crippen molar-refractivity contribution < 1.29 is 4.79 Å². The molecule has 2 aliphatic heterocycles. The number of likely N-dealkylation sites (tertiary alicyclic amines) is 1. The second-order valence-corrected chi connectivity index (χ2v) is 7.73. The molecule has 0 spiro atoms. The Hall–Kier alpha value is -0.950. The zero-order chi connectivity index (χ0) is 16.9. The van der Waals surface area contributed by atoms with E-state index in [1.54, 1.807) is 0 Å². The van der Waals surface area contributed by atoms with Crippen molar-refractivity contribution in [2.45, 2.75) is 36.7 Å². The zero-order valence-electron chi connectivity index (χ0n) is 14.2. The number of alkyl halides is 1. The number of halogens is 1. The summed E-state index contributed by atoms with van der Waals surface area (Å²) in [5, 5.41) is 3.41. The fourth-order valence-corrected chi connectivity index (χ4v) is 4.36. The summed E-state index contributed by atoms with van der Waals surface area (Å²) in [6.07, 6.45) is 2.18. The quantitative estimate of drug-likeness (QED) is 0.666. The molecule has 3 rings (SSSR count). The molecule has 1 aromatic carbocycles. The number of hydrogen-bond acceptors (Lipinski definition) is 4. The van der Waals surface area contributed by atoms with Crippen LogP contribution in [0.15, 0.2) is 30.3 Å². The van der Waals surface area contributed by atoms with Crippen LogP contribution in [0.4, 0.5) is 0 Å². The van der Waals surface area contributed by atoms with Gasteiger partial charge in [-0.25, -0.2) is 10.9 Å².